The van der Waals surface area contributed by atoms with Gasteiger partial charge in [-0.2, -0.15) is 5.26 Å². The largest absolute Gasteiger partial charge is 0.486 e. The van der Waals surface area contributed by atoms with E-state index in [9.17, 15) is 0 Å². The Kier molecular flexibility index (Phi) is 5.17. The Labute approximate surface area is 140 Å². The zero-order chi connectivity index (χ0) is 14.7. The third-order valence-corrected chi connectivity index (χ3v) is 4.10. The molecule has 2 aromatic rings. The first kappa shape index (κ1) is 15.5. The number of nitrogens with zero attached hydrogens (tertiary/aromatic N) is 1. The molecule has 2 rings (SSSR count). The molecule has 0 fully saturated rings. The molecule has 0 unspecified atom stereocenters. The fraction of sp³-hybridized carbons (Fsp3) is 0.0714. The van der Waals surface area contributed by atoms with Crippen LogP contribution in [0.25, 0.3) is 0 Å². The van der Waals surface area contributed by atoms with E-state index in [1.165, 1.54) is 0 Å². The van der Waals surface area contributed by atoms with Gasteiger partial charge in [-0.05, 0) is 45.8 Å². The highest BCUT2D eigenvalue weighted by molar-refractivity contribution is 9.10. The molecular weight excluding hydrogens is 384 g/mol. The van der Waals surface area contributed by atoms with Gasteiger partial charge in [-0.3, -0.25) is 0 Å². The highest BCUT2D eigenvalue weighted by atomic mass is 79.9. The second-order valence-corrected chi connectivity index (χ2v) is 5.99. The molecule has 2 aromatic carbocycles. The van der Waals surface area contributed by atoms with Crippen LogP contribution < -0.4 is 4.74 Å². The molecule has 0 aliphatic heterocycles. The summed E-state index contributed by atoms with van der Waals surface area (Å²) in [7, 11) is 0. The number of rotatable bonds is 3. The molecule has 6 heteroatoms. The zero-order valence-corrected chi connectivity index (χ0v) is 13.8. The standard InChI is InChI=1S/C14H7BrCl3NO/c15-10-3-9(6-19)5-13(18)14(10)20-7-8-1-2-11(16)12(17)4-8/h1-5H,7H2. The molecule has 0 spiro atoms. The first-order valence-corrected chi connectivity index (χ1v) is 7.40. The molecule has 102 valence electrons. The van der Waals surface area contributed by atoms with Crippen LogP contribution in [-0.2, 0) is 6.61 Å². The molecule has 0 aliphatic rings. The molecule has 0 atom stereocenters. The minimum Gasteiger partial charge on any atom is -0.486 e. The molecular formula is C14H7BrCl3NO. The number of hydrogen-bond donors (Lipinski definition) is 0. The summed E-state index contributed by atoms with van der Waals surface area (Å²) in [6, 6.07) is 10.5. The van der Waals surface area contributed by atoms with Crippen LogP contribution >= 0.6 is 50.7 Å². The molecule has 0 saturated heterocycles. The highest BCUT2D eigenvalue weighted by Gasteiger charge is 2.10. The lowest BCUT2D eigenvalue weighted by Gasteiger charge is -2.11. The Morgan fingerprint density at radius 3 is 2.40 bits per heavy atom. The lowest BCUT2D eigenvalue weighted by Crippen LogP contribution is -1.97. The smallest absolute Gasteiger partial charge is 0.152 e. The summed E-state index contributed by atoms with van der Waals surface area (Å²) >= 11 is 21.2. The molecule has 0 aromatic heterocycles. The van der Waals surface area contributed by atoms with Gasteiger partial charge < -0.3 is 4.74 Å². The van der Waals surface area contributed by atoms with E-state index in [4.69, 9.17) is 44.8 Å². The third kappa shape index (κ3) is 3.59. The normalized spacial score (nSPS) is 10.2. The molecule has 0 radical (unpaired) electrons. The zero-order valence-electron chi connectivity index (χ0n) is 9.96. The summed E-state index contributed by atoms with van der Waals surface area (Å²) < 4.78 is 6.28. The van der Waals surface area contributed by atoms with Crippen molar-refractivity contribution >= 4 is 50.7 Å². The van der Waals surface area contributed by atoms with E-state index < -0.39 is 0 Å². The van der Waals surface area contributed by atoms with E-state index in [1.54, 1.807) is 24.3 Å². The fourth-order valence-electron chi connectivity index (χ4n) is 1.55. The minimum atomic E-state index is 0.293. The molecule has 0 bridgehead atoms. The van der Waals surface area contributed by atoms with E-state index in [-0.39, 0.29) is 0 Å². The van der Waals surface area contributed by atoms with Crippen molar-refractivity contribution < 1.29 is 4.74 Å². The minimum absolute atomic E-state index is 0.293. The van der Waals surface area contributed by atoms with Gasteiger partial charge in [0.2, 0.25) is 0 Å². The predicted octanol–water partition coefficient (Wildman–Crippen LogP) is 5.86. The maximum Gasteiger partial charge on any atom is 0.152 e. The Morgan fingerprint density at radius 1 is 1.05 bits per heavy atom. The van der Waals surface area contributed by atoms with Crippen molar-refractivity contribution in [3.63, 3.8) is 0 Å². The number of benzene rings is 2. The van der Waals surface area contributed by atoms with Crippen LogP contribution in [0.5, 0.6) is 5.75 Å². The molecule has 20 heavy (non-hydrogen) atoms. The number of hydrogen-bond acceptors (Lipinski definition) is 2. The van der Waals surface area contributed by atoms with E-state index >= 15 is 0 Å². The molecule has 0 heterocycles. The van der Waals surface area contributed by atoms with Crippen LogP contribution in [-0.4, -0.2) is 0 Å². The van der Waals surface area contributed by atoms with E-state index in [0.29, 0.717) is 37.5 Å². The average molecular weight is 391 g/mol. The molecule has 0 N–H and O–H groups in total. The van der Waals surface area contributed by atoms with E-state index in [0.717, 1.165) is 5.56 Å². The van der Waals surface area contributed by atoms with Crippen LogP contribution in [0.3, 0.4) is 0 Å². The van der Waals surface area contributed by atoms with Crippen LogP contribution in [0.2, 0.25) is 15.1 Å². The predicted molar refractivity (Wildman–Crippen MR) is 84.7 cm³/mol. The van der Waals surface area contributed by atoms with Crippen molar-refractivity contribution in [2.45, 2.75) is 6.61 Å². The van der Waals surface area contributed by atoms with Crippen molar-refractivity contribution in [1.29, 1.82) is 5.26 Å². The third-order valence-electron chi connectivity index (χ3n) is 2.49. The Hall–Kier alpha value is -0.920. The SMILES string of the molecule is N#Cc1cc(Cl)c(OCc2ccc(Cl)c(Cl)c2)c(Br)c1. The summed E-state index contributed by atoms with van der Waals surface area (Å²) in [5.74, 6) is 0.483. The second-order valence-electron chi connectivity index (χ2n) is 3.92. The Morgan fingerprint density at radius 2 is 1.80 bits per heavy atom. The van der Waals surface area contributed by atoms with Crippen LogP contribution in [0.4, 0.5) is 0 Å². The monoisotopic (exact) mass is 389 g/mol. The summed E-state index contributed by atoms with van der Waals surface area (Å²) in [6.45, 7) is 0.293. The van der Waals surface area contributed by atoms with Gasteiger partial charge >= 0.3 is 0 Å². The van der Waals surface area contributed by atoms with Crippen LogP contribution in [0, 0.1) is 11.3 Å². The maximum atomic E-state index is 8.84. The Bertz CT molecular complexity index is 674. The van der Waals surface area contributed by atoms with Gasteiger partial charge in [-0.25, -0.2) is 0 Å². The van der Waals surface area contributed by atoms with E-state index in [1.807, 2.05) is 12.1 Å². The summed E-state index contributed by atoms with van der Waals surface area (Å²) in [5.41, 5.74) is 1.33. The molecule has 0 aliphatic carbocycles. The molecule has 2 nitrogen and oxygen atoms in total. The van der Waals surface area contributed by atoms with Gasteiger partial charge in [0.15, 0.2) is 5.75 Å². The summed E-state index contributed by atoms with van der Waals surface area (Å²) in [5, 5.41) is 10.2. The lowest BCUT2D eigenvalue weighted by molar-refractivity contribution is 0.304. The second kappa shape index (κ2) is 6.69. The van der Waals surface area contributed by atoms with Gasteiger partial charge in [0, 0.05) is 0 Å². The van der Waals surface area contributed by atoms with Gasteiger partial charge in [-0.15, -0.1) is 0 Å². The van der Waals surface area contributed by atoms with Gasteiger partial charge in [0.25, 0.3) is 0 Å². The number of ether oxygens (including phenoxy) is 1. The summed E-state index contributed by atoms with van der Waals surface area (Å²) in [4.78, 5) is 0. The van der Waals surface area contributed by atoms with Gasteiger partial charge in [-0.1, -0.05) is 40.9 Å². The first-order valence-electron chi connectivity index (χ1n) is 5.47. The number of nitriles is 1. The van der Waals surface area contributed by atoms with Crippen molar-refractivity contribution in [1.82, 2.24) is 0 Å². The number of halogens is 4. The average Bonchev–Trinajstić information content (AvgIpc) is 2.41. The van der Waals surface area contributed by atoms with Crippen molar-refractivity contribution in [3.05, 3.63) is 61.0 Å². The topological polar surface area (TPSA) is 33.0 Å². The van der Waals surface area contributed by atoms with Crippen LogP contribution in [0.15, 0.2) is 34.8 Å². The molecule has 0 saturated carbocycles. The lowest BCUT2D eigenvalue weighted by atomic mass is 10.2. The quantitative estimate of drug-likeness (QED) is 0.656. The summed E-state index contributed by atoms with van der Waals surface area (Å²) in [6.07, 6.45) is 0. The fourth-order valence-corrected chi connectivity index (χ4v) is 2.83. The van der Waals surface area contributed by atoms with Crippen molar-refractivity contribution in [2.24, 2.45) is 0 Å². The van der Waals surface area contributed by atoms with E-state index in [2.05, 4.69) is 15.9 Å². The maximum absolute atomic E-state index is 8.84. The van der Waals surface area contributed by atoms with Gasteiger partial charge in [0.1, 0.15) is 6.61 Å². The van der Waals surface area contributed by atoms with Crippen LogP contribution in [0.1, 0.15) is 11.1 Å². The van der Waals surface area contributed by atoms with Crippen molar-refractivity contribution in [2.75, 3.05) is 0 Å². The van der Waals surface area contributed by atoms with Gasteiger partial charge in [0.05, 0.1) is 31.2 Å². The van der Waals surface area contributed by atoms with Crippen molar-refractivity contribution in [3.8, 4) is 11.8 Å². The highest BCUT2D eigenvalue weighted by Crippen LogP contribution is 2.35. The first-order chi connectivity index (χ1) is 9.51. The molecule has 0 amide bonds. The Balaban J connectivity index is 2.19.